The van der Waals surface area contributed by atoms with Crippen LogP contribution in [-0.4, -0.2) is 4.98 Å². The van der Waals surface area contributed by atoms with Gasteiger partial charge in [0.05, 0.1) is 11.2 Å². The lowest BCUT2D eigenvalue weighted by Gasteiger charge is -2.00. The first-order chi connectivity index (χ1) is 6.81. The van der Waals surface area contributed by atoms with E-state index < -0.39 is 0 Å². The van der Waals surface area contributed by atoms with Crippen LogP contribution < -0.4 is 5.73 Å². The van der Waals surface area contributed by atoms with Crippen LogP contribution in [0.25, 0.3) is 11.3 Å². The van der Waals surface area contributed by atoms with Crippen LogP contribution >= 0.6 is 11.3 Å². The van der Waals surface area contributed by atoms with Gasteiger partial charge in [-0.2, -0.15) is 0 Å². The van der Waals surface area contributed by atoms with Gasteiger partial charge in [-0.3, -0.25) is 0 Å². The second-order valence-electron chi connectivity index (χ2n) is 3.19. The number of benzene rings is 1. The molecule has 0 spiro atoms. The molecular weight excluding hydrogens is 192 g/mol. The van der Waals surface area contributed by atoms with Crippen LogP contribution in [0.5, 0.6) is 0 Å². The summed E-state index contributed by atoms with van der Waals surface area (Å²) in [4.78, 5) is 5.47. The molecule has 0 radical (unpaired) electrons. The Hall–Kier alpha value is -1.19. The fourth-order valence-electron chi connectivity index (χ4n) is 1.36. The molecule has 72 valence electrons. The van der Waals surface area contributed by atoms with E-state index in [0.717, 1.165) is 16.1 Å². The fraction of sp³-hybridized carbons (Fsp3) is 0.182. The number of thiazole rings is 1. The highest BCUT2D eigenvalue weighted by molar-refractivity contribution is 7.10. The summed E-state index contributed by atoms with van der Waals surface area (Å²) in [5.74, 6) is 0. The zero-order chi connectivity index (χ0) is 9.97. The highest BCUT2D eigenvalue weighted by Crippen LogP contribution is 2.24. The summed E-state index contributed by atoms with van der Waals surface area (Å²) in [6.07, 6.45) is 0. The van der Waals surface area contributed by atoms with Crippen LogP contribution in [0, 0.1) is 6.92 Å². The Morgan fingerprint density at radius 2 is 2.00 bits per heavy atom. The zero-order valence-electron chi connectivity index (χ0n) is 8.03. The molecule has 3 heteroatoms. The Kier molecular flexibility index (Phi) is 2.61. The summed E-state index contributed by atoms with van der Waals surface area (Å²) in [5.41, 5.74) is 10.9. The van der Waals surface area contributed by atoms with Crippen molar-refractivity contribution in [2.45, 2.75) is 13.5 Å². The van der Waals surface area contributed by atoms with Crippen LogP contribution in [0.3, 0.4) is 0 Å². The van der Waals surface area contributed by atoms with Crippen molar-refractivity contribution < 1.29 is 0 Å². The van der Waals surface area contributed by atoms with Gasteiger partial charge in [-0.15, -0.1) is 11.3 Å². The second kappa shape index (κ2) is 3.90. The van der Waals surface area contributed by atoms with E-state index in [1.165, 1.54) is 5.56 Å². The van der Waals surface area contributed by atoms with Gasteiger partial charge in [-0.1, -0.05) is 29.8 Å². The predicted molar refractivity (Wildman–Crippen MR) is 60.2 cm³/mol. The normalized spacial score (nSPS) is 10.4. The first-order valence-electron chi connectivity index (χ1n) is 4.50. The van der Waals surface area contributed by atoms with Crippen LogP contribution in [0.1, 0.15) is 10.4 Å². The minimum atomic E-state index is 0.563. The Balaban J connectivity index is 2.44. The Morgan fingerprint density at radius 3 is 2.64 bits per heavy atom. The van der Waals surface area contributed by atoms with Gasteiger partial charge in [0, 0.05) is 17.0 Å². The van der Waals surface area contributed by atoms with Crippen LogP contribution in [0.4, 0.5) is 0 Å². The van der Waals surface area contributed by atoms with Crippen molar-refractivity contribution in [3.05, 3.63) is 40.2 Å². The molecule has 0 fully saturated rings. The molecule has 0 unspecified atom stereocenters. The first kappa shape index (κ1) is 9.37. The fourth-order valence-corrected chi connectivity index (χ4v) is 2.03. The third-order valence-electron chi connectivity index (χ3n) is 2.15. The van der Waals surface area contributed by atoms with Crippen molar-refractivity contribution in [1.29, 1.82) is 0 Å². The lowest BCUT2D eigenvalue weighted by Crippen LogP contribution is -1.95. The number of rotatable bonds is 2. The molecule has 1 aromatic carbocycles. The molecule has 0 aliphatic rings. The van der Waals surface area contributed by atoms with E-state index >= 15 is 0 Å². The molecule has 2 nitrogen and oxygen atoms in total. The average Bonchev–Trinajstić information content (AvgIpc) is 2.67. The summed E-state index contributed by atoms with van der Waals surface area (Å²) >= 11 is 1.61. The van der Waals surface area contributed by atoms with Crippen molar-refractivity contribution in [3.63, 3.8) is 0 Å². The molecule has 0 bridgehead atoms. The molecule has 1 aromatic heterocycles. The molecular formula is C11H12N2S. The number of hydrogen-bond donors (Lipinski definition) is 1. The predicted octanol–water partition coefficient (Wildman–Crippen LogP) is 2.58. The quantitative estimate of drug-likeness (QED) is 0.816. The summed E-state index contributed by atoms with van der Waals surface area (Å²) in [5, 5.41) is 0. The van der Waals surface area contributed by atoms with Gasteiger partial charge in [0.25, 0.3) is 0 Å². The molecule has 1 heterocycles. The second-order valence-corrected chi connectivity index (χ2v) is 4.13. The van der Waals surface area contributed by atoms with Crippen molar-refractivity contribution in [2.24, 2.45) is 5.73 Å². The molecule has 0 saturated heterocycles. The van der Waals surface area contributed by atoms with E-state index in [1.807, 2.05) is 5.51 Å². The third kappa shape index (κ3) is 1.69. The molecule has 0 amide bonds. The van der Waals surface area contributed by atoms with E-state index in [4.69, 9.17) is 5.73 Å². The number of aromatic nitrogens is 1. The maximum absolute atomic E-state index is 5.63. The molecule has 2 rings (SSSR count). The number of hydrogen-bond acceptors (Lipinski definition) is 3. The summed E-state index contributed by atoms with van der Waals surface area (Å²) < 4.78 is 0. The zero-order valence-corrected chi connectivity index (χ0v) is 8.84. The van der Waals surface area contributed by atoms with E-state index in [-0.39, 0.29) is 0 Å². The lowest BCUT2D eigenvalue weighted by molar-refractivity contribution is 1.10. The lowest BCUT2D eigenvalue weighted by atomic mass is 10.1. The number of aryl methyl sites for hydroxylation is 1. The molecule has 14 heavy (non-hydrogen) atoms. The average molecular weight is 204 g/mol. The summed E-state index contributed by atoms with van der Waals surface area (Å²) in [6.45, 7) is 2.64. The Bertz CT molecular complexity index is 417. The molecule has 0 aliphatic heterocycles. The van der Waals surface area contributed by atoms with E-state index in [2.05, 4.69) is 36.2 Å². The van der Waals surface area contributed by atoms with Gasteiger partial charge in [0.2, 0.25) is 0 Å². The van der Waals surface area contributed by atoms with Crippen molar-refractivity contribution in [3.8, 4) is 11.3 Å². The first-order valence-corrected chi connectivity index (χ1v) is 5.38. The van der Waals surface area contributed by atoms with E-state index in [0.29, 0.717) is 6.54 Å². The SMILES string of the molecule is Cc1ccc(-c2ncsc2CN)cc1. The highest BCUT2D eigenvalue weighted by Gasteiger charge is 2.06. The van der Waals surface area contributed by atoms with E-state index in [1.54, 1.807) is 11.3 Å². The largest absolute Gasteiger partial charge is 0.326 e. The maximum atomic E-state index is 5.63. The van der Waals surface area contributed by atoms with Crippen LogP contribution in [0.2, 0.25) is 0 Å². The van der Waals surface area contributed by atoms with Gasteiger partial charge in [-0.25, -0.2) is 4.98 Å². The van der Waals surface area contributed by atoms with Gasteiger partial charge < -0.3 is 5.73 Å². The van der Waals surface area contributed by atoms with Crippen molar-refractivity contribution in [2.75, 3.05) is 0 Å². The van der Waals surface area contributed by atoms with Gasteiger partial charge in [-0.05, 0) is 6.92 Å². The third-order valence-corrected chi connectivity index (χ3v) is 3.01. The van der Waals surface area contributed by atoms with Crippen molar-refractivity contribution in [1.82, 2.24) is 4.98 Å². The van der Waals surface area contributed by atoms with Gasteiger partial charge >= 0.3 is 0 Å². The molecule has 2 aromatic rings. The minimum Gasteiger partial charge on any atom is -0.326 e. The van der Waals surface area contributed by atoms with Gasteiger partial charge in [0.15, 0.2) is 0 Å². The highest BCUT2D eigenvalue weighted by atomic mass is 32.1. The topological polar surface area (TPSA) is 38.9 Å². The van der Waals surface area contributed by atoms with Crippen molar-refractivity contribution >= 4 is 11.3 Å². The van der Waals surface area contributed by atoms with Crippen LogP contribution in [-0.2, 0) is 6.54 Å². The molecule has 0 atom stereocenters. The monoisotopic (exact) mass is 204 g/mol. The molecule has 0 aliphatic carbocycles. The summed E-state index contributed by atoms with van der Waals surface area (Å²) in [7, 11) is 0. The number of nitrogens with zero attached hydrogens (tertiary/aromatic N) is 1. The Labute approximate surface area is 87.4 Å². The number of nitrogens with two attached hydrogens (primary N) is 1. The van der Waals surface area contributed by atoms with E-state index in [9.17, 15) is 0 Å². The summed E-state index contributed by atoms with van der Waals surface area (Å²) in [6, 6.07) is 8.36. The Morgan fingerprint density at radius 1 is 1.29 bits per heavy atom. The molecule has 0 saturated carbocycles. The van der Waals surface area contributed by atoms with Gasteiger partial charge in [0.1, 0.15) is 0 Å². The smallest absolute Gasteiger partial charge is 0.0856 e. The standard InChI is InChI=1S/C11H12N2S/c1-8-2-4-9(5-3-8)11-10(6-12)14-7-13-11/h2-5,7H,6,12H2,1H3. The molecule has 2 N–H and O–H groups in total. The maximum Gasteiger partial charge on any atom is 0.0856 e. The van der Waals surface area contributed by atoms with Crippen LogP contribution in [0.15, 0.2) is 29.8 Å². The minimum absolute atomic E-state index is 0.563.